The SMILES string of the molecule is N/C(=N/O)c1cn[nH]c1NC(=O)Cc1ccccc1O. The molecule has 1 heterocycles. The Morgan fingerprint density at radius 2 is 2.20 bits per heavy atom. The number of anilines is 1. The van der Waals surface area contributed by atoms with Crippen molar-refractivity contribution >= 4 is 17.6 Å². The number of aromatic amines is 1. The third-order valence-corrected chi connectivity index (χ3v) is 2.63. The number of amides is 1. The molecule has 0 saturated carbocycles. The molecule has 0 fully saturated rings. The Labute approximate surface area is 113 Å². The summed E-state index contributed by atoms with van der Waals surface area (Å²) in [6, 6.07) is 6.54. The highest BCUT2D eigenvalue weighted by Gasteiger charge is 2.13. The van der Waals surface area contributed by atoms with Crippen LogP contribution < -0.4 is 11.1 Å². The van der Waals surface area contributed by atoms with Crippen molar-refractivity contribution in [1.29, 1.82) is 0 Å². The Morgan fingerprint density at radius 1 is 1.45 bits per heavy atom. The topological polar surface area (TPSA) is 137 Å². The first kappa shape index (κ1) is 13.4. The van der Waals surface area contributed by atoms with Crippen molar-refractivity contribution in [1.82, 2.24) is 10.2 Å². The first-order valence-electron chi connectivity index (χ1n) is 5.69. The number of oxime groups is 1. The van der Waals surface area contributed by atoms with Crippen LogP contribution in [0.5, 0.6) is 5.75 Å². The summed E-state index contributed by atoms with van der Waals surface area (Å²) in [5.41, 5.74) is 6.21. The van der Waals surface area contributed by atoms with E-state index in [0.29, 0.717) is 5.56 Å². The van der Waals surface area contributed by atoms with Crippen molar-refractivity contribution in [3.8, 4) is 5.75 Å². The average molecular weight is 275 g/mol. The fourth-order valence-corrected chi connectivity index (χ4v) is 1.65. The van der Waals surface area contributed by atoms with E-state index in [0.717, 1.165) is 0 Å². The molecular formula is C12H13N5O3. The van der Waals surface area contributed by atoms with E-state index in [1.165, 1.54) is 12.3 Å². The number of carbonyl (C=O) groups is 1. The molecule has 1 aromatic carbocycles. The molecule has 2 aromatic rings. The van der Waals surface area contributed by atoms with Gasteiger partial charge in [-0.25, -0.2) is 0 Å². The summed E-state index contributed by atoms with van der Waals surface area (Å²) in [4.78, 5) is 11.9. The first-order valence-corrected chi connectivity index (χ1v) is 5.69. The molecule has 0 atom stereocenters. The molecule has 6 N–H and O–H groups in total. The van der Waals surface area contributed by atoms with E-state index in [1.807, 2.05) is 0 Å². The van der Waals surface area contributed by atoms with Crippen molar-refractivity contribution in [2.24, 2.45) is 10.9 Å². The zero-order chi connectivity index (χ0) is 14.5. The number of para-hydroxylation sites is 1. The average Bonchev–Trinajstić information content (AvgIpc) is 2.88. The van der Waals surface area contributed by atoms with Gasteiger partial charge in [0.1, 0.15) is 11.6 Å². The summed E-state index contributed by atoms with van der Waals surface area (Å²) in [5.74, 6) is -0.274. The van der Waals surface area contributed by atoms with Crippen molar-refractivity contribution in [2.75, 3.05) is 5.32 Å². The number of H-pyrrole nitrogens is 1. The maximum absolute atomic E-state index is 11.9. The molecule has 0 saturated heterocycles. The maximum atomic E-state index is 11.9. The normalized spacial score (nSPS) is 11.3. The minimum absolute atomic E-state index is 0.0126. The molecule has 8 heteroatoms. The number of hydrogen-bond donors (Lipinski definition) is 5. The molecule has 2 rings (SSSR count). The van der Waals surface area contributed by atoms with Gasteiger partial charge in [-0.3, -0.25) is 9.89 Å². The number of phenols is 1. The van der Waals surface area contributed by atoms with Crippen LogP contribution in [0.4, 0.5) is 5.82 Å². The maximum Gasteiger partial charge on any atom is 0.230 e. The number of aromatic nitrogens is 2. The second kappa shape index (κ2) is 5.74. The second-order valence-electron chi connectivity index (χ2n) is 4.00. The summed E-state index contributed by atoms with van der Waals surface area (Å²) >= 11 is 0. The number of hydrogen-bond acceptors (Lipinski definition) is 5. The number of amidine groups is 1. The lowest BCUT2D eigenvalue weighted by Gasteiger charge is -2.06. The molecular weight excluding hydrogens is 262 g/mol. The number of nitrogens with one attached hydrogen (secondary N) is 2. The van der Waals surface area contributed by atoms with E-state index in [1.54, 1.807) is 18.2 Å². The highest BCUT2D eigenvalue weighted by molar-refractivity contribution is 6.04. The summed E-state index contributed by atoms with van der Waals surface area (Å²) in [6.07, 6.45) is 1.31. The molecule has 104 valence electrons. The summed E-state index contributed by atoms with van der Waals surface area (Å²) < 4.78 is 0. The van der Waals surface area contributed by atoms with E-state index in [2.05, 4.69) is 20.7 Å². The van der Waals surface area contributed by atoms with Gasteiger partial charge in [-0.15, -0.1) is 0 Å². The van der Waals surface area contributed by atoms with E-state index >= 15 is 0 Å². The smallest absolute Gasteiger partial charge is 0.230 e. The molecule has 8 nitrogen and oxygen atoms in total. The molecule has 0 aliphatic heterocycles. The van der Waals surface area contributed by atoms with Crippen LogP contribution in [0.15, 0.2) is 35.6 Å². The number of carbonyl (C=O) groups excluding carboxylic acids is 1. The minimum Gasteiger partial charge on any atom is -0.508 e. The molecule has 0 spiro atoms. The number of nitrogens with two attached hydrogens (primary N) is 1. The quantitative estimate of drug-likeness (QED) is 0.238. The van der Waals surface area contributed by atoms with Gasteiger partial charge in [-0.1, -0.05) is 23.4 Å². The van der Waals surface area contributed by atoms with Crippen LogP contribution in [0.1, 0.15) is 11.1 Å². The van der Waals surface area contributed by atoms with Gasteiger partial charge in [0.15, 0.2) is 5.84 Å². The Bertz CT molecular complexity index is 650. The lowest BCUT2D eigenvalue weighted by molar-refractivity contribution is -0.115. The Morgan fingerprint density at radius 3 is 2.90 bits per heavy atom. The number of rotatable bonds is 4. The third kappa shape index (κ3) is 2.86. The zero-order valence-electron chi connectivity index (χ0n) is 10.4. The van der Waals surface area contributed by atoms with E-state index < -0.39 is 0 Å². The highest BCUT2D eigenvalue weighted by atomic mass is 16.4. The van der Waals surface area contributed by atoms with Gasteiger partial charge in [-0.2, -0.15) is 5.10 Å². The Balaban J connectivity index is 2.10. The standard InChI is InChI=1S/C12H13N5O3/c13-11(17-20)8-6-14-16-12(8)15-10(19)5-7-3-1-2-4-9(7)18/h1-4,6,18,20H,5H2,(H2,13,17)(H2,14,15,16,19). The van der Waals surface area contributed by atoms with Gasteiger partial charge in [-0.05, 0) is 6.07 Å². The van der Waals surface area contributed by atoms with Crippen LogP contribution in [-0.4, -0.2) is 32.3 Å². The summed E-state index contributed by atoms with van der Waals surface area (Å²) in [5, 5.41) is 29.8. The molecule has 1 aromatic heterocycles. The fourth-order valence-electron chi connectivity index (χ4n) is 1.65. The molecule has 1 amide bonds. The first-order chi connectivity index (χ1) is 9.61. The fraction of sp³-hybridized carbons (Fsp3) is 0.0833. The molecule has 0 aliphatic carbocycles. The van der Waals surface area contributed by atoms with Gasteiger partial charge in [0, 0.05) is 5.56 Å². The minimum atomic E-state index is -0.372. The number of benzene rings is 1. The van der Waals surface area contributed by atoms with Gasteiger partial charge in [0.2, 0.25) is 5.91 Å². The number of phenolic OH excluding ortho intramolecular Hbond substituents is 1. The van der Waals surface area contributed by atoms with Gasteiger partial charge < -0.3 is 21.4 Å². The van der Waals surface area contributed by atoms with Crippen LogP contribution >= 0.6 is 0 Å². The number of aromatic hydroxyl groups is 1. The summed E-state index contributed by atoms with van der Waals surface area (Å²) in [6.45, 7) is 0. The monoisotopic (exact) mass is 275 g/mol. The van der Waals surface area contributed by atoms with E-state index in [4.69, 9.17) is 10.9 Å². The van der Waals surface area contributed by atoms with Crippen LogP contribution in [0, 0.1) is 0 Å². The molecule has 0 bridgehead atoms. The van der Waals surface area contributed by atoms with Gasteiger partial charge in [0.05, 0.1) is 18.2 Å². The van der Waals surface area contributed by atoms with Crippen molar-refractivity contribution in [3.63, 3.8) is 0 Å². The van der Waals surface area contributed by atoms with Crippen LogP contribution in [0.25, 0.3) is 0 Å². The predicted octanol–water partition coefficient (Wildman–Crippen LogP) is 0.391. The van der Waals surface area contributed by atoms with Crippen LogP contribution in [0.3, 0.4) is 0 Å². The van der Waals surface area contributed by atoms with E-state index in [-0.39, 0.29) is 35.3 Å². The molecule has 20 heavy (non-hydrogen) atoms. The molecule has 0 radical (unpaired) electrons. The third-order valence-electron chi connectivity index (χ3n) is 2.63. The Hall–Kier alpha value is -3.03. The second-order valence-corrected chi connectivity index (χ2v) is 4.00. The summed E-state index contributed by atoms with van der Waals surface area (Å²) in [7, 11) is 0. The van der Waals surface area contributed by atoms with Crippen LogP contribution in [-0.2, 0) is 11.2 Å². The highest BCUT2D eigenvalue weighted by Crippen LogP contribution is 2.17. The van der Waals surface area contributed by atoms with Crippen molar-refractivity contribution in [2.45, 2.75) is 6.42 Å². The lowest BCUT2D eigenvalue weighted by atomic mass is 10.1. The molecule has 0 aliphatic rings. The predicted molar refractivity (Wildman–Crippen MR) is 71.5 cm³/mol. The van der Waals surface area contributed by atoms with Crippen LogP contribution in [0.2, 0.25) is 0 Å². The number of nitrogens with zero attached hydrogens (tertiary/aromatic N) is 2. The van der Waals surface area contributed by atoms with E-state index in [9.17, 15) is 9.90 Å². The zero-order valence-corrected chi connectivity index (χ0v) is 10.4. The van der Waals surface area contributed by atoms with Gasteiger partial charge >= 0.3 is 0 Å². The van der Waals surface area contributed by atoms with Crippen molar-refractivity contribution in [3.05, 3.63) is 41.6 Å². The Kier molecular flexibility index (Phi) is 3.85. The molecule has 0 unspecified atom stereocenters. The largest absolute Gasteiger partial charge is 0.508 e. The van der Waals surface area contributed by atoms with Crippen molar-refractivity contribution < 1.29 is 15.1 Å². The van der Waals surface area contributed by atoms with Gasteiger partial charge in [0.25, 0.3) is 0 Å². The lowest BCUT2D eigenvalue weighted by Crippen LogP contribution is -2.19.